The molecule has 49 heavy (non-hydrogen) atoms. The summed E-state index contributed by atoms with van der Waals surface area (Å²) in [7, 11) is 0. The summed E-state index contributed by atoms with van der Waals surface area (Å²) in [6.45, 7) is 2.14. The third kappa shape index (κ3) is 3.71. The number of fused-ring (bicyclic) bond motifs is 7. The molecular formula is C47H29NO. The standard InChI is InChI=1S/C47H29NO/c1-28-10-12-29(13-11-28)34-22-16-31-19-25-38-35(23-17-32-18-24-37(34)44(31)45(32)38)30-14-20-33(21-15-30)48-41-8-4-2-7-40(41)46-42(48)27-26-39-36-6-3-5-9-43(36)49-47(39)46/h2-27H,1H3. The Morgan fingerprint density at radius 2 is 0.980 bits per heavy atom. The first-order chi connectivity index (χ1) is 24.2. The highest BCUT2D eigenvalue weighted by molar-refractivity contribution is 6.28. The average molecular weight is 624 g/mol. The zero-order valence-corrected chi connectivity index (χ0v) is 26.9. The van der Waals surface area contributed by atoms with E-state index in [9.17, 15) is 0 Å². The lowest BCUT2D eigenvalue weighted by atomic mass is 9.87. The molecule has 11 rings (SSSR count). The van der Waals surface area contributed by atoms with Gasteiger partial charge in [0, 0.05) is 21.8 Å². The van der Waals surface area contributed by atoms with Crippen molar-refractivity contribution in [2.45, 2.75) is 6.92 Å². The van der Waals surface area contributed by atoms with Crippen molar-refractivity contribution < 1.29 is 4.42 Å². The summed E-state index contributed by atoms with van der Waals surface area (Å²) in [5.74, 6) is 0. The number of benzene rings is 9. The first-order valence-corrected chi connectivity index (χ1v) is 16.9. The van der Waals surface area contributed by atoms with E-state index in [4.69, 9.17) is 4.42 Å². The molecule has 2 nitrogen and oxygen atoms in total. The molecule has 0 bridgehead atoms. The summed E-state index contributed by atoms with van der Waals surface area (Å²) in [5, 5.41) is 12.5. The van der Waals surface area contributed by atoms with Crippen molar-refractivity contribution in [3.8, 4) is 27.9 Å². The maximum Gasteiger partial charge on any atom is 0.145 e. The predicted molar refractivity (Wildman–Crippen MR) is 207 cm³/mol. The van der Waals surface area contributed by atoms with Gasteiger partial charge in [0.25, 0.3) is 0 Å². The minimum atomic E-state index is 0.922. The number of para-hydroxylation sites is 2. The molecule has 0 fully saturated rings. The molecule has 0 unspecified atom stereocenters. The summed E-state index contributed by atoms with van der Waals surface area (Å²) in [6, 6.07) is 57.7. The number of furan rings is 1. The number of hydrogen-bond acceptors (Lipinski definition) is 1. The molecule has 2 heteroatoms. The van der Waals surface area contributed by atoms with E-state index in [2.05, 4.69) is 163 Å². The van der Waals surface area contributed by atoms with E-state index in [0.29, 0.717) is 0 Å². The summed E-state index contributed by atoms with van der Waals surface area (Å²) in [5.41, 5.74) is 11.6. The summed E-state index contributed by atoms with van der Waals surface area (Å²) in [6.07, 6.45) is 0. The van der Waals surface area contributed by atoms with Crippen molar-refractivity contribution in [2.75, 3.05) is 0 Å². The molecule has 228 valence electrons. The van der Waals surface area contributed by atoms with Gasteiger partial charge < -0.3 is 8.98 Å². The van der Waals surface area contributed by atoms with Gasteiger partial charge in [-0.15, -0.1) is 0 Å². The quantitative estimate of drug-likeness (QED) is 0.179. The lowest BCUT2D eigenvalue weighted by Gasteiger charge is -2.17. The molecule has 0 aliphatic rings. The largest absolute Gasteiger partial charge is 0.455 e. The maximum atomic E-state index is 6.51. The molecule has 0 saturated heterocycles. The Kier molecular flexibility index (Phi) is 5.34. The van der Waals surface area contributed by atoms with E-state index >= 15 is 0 Å². The Hall–Kier alpha value is -6.38. The first kappa shape index (κ1) is 26.7. The summed E-state index contributed by atoms with van der Waals surface area (Å²) >= 11 is 0. The molecule has 0 saturated carbocycles. The molecule has 9 aromatic carbocycles. The van der Waals surface area contributed by atoms with Crippen molar-refractivity contribution in [1.82, 2.24) is 4.57 Å². The molecule has 0 aliphatic heterocycles. The van der Waals surface area contributed by atoms with Gasteiger partial charge in [0.2, 0.25) is 0 Å². The minimum Gasteiger partial charge on any atom is -0.455 e. The van der Waals surface area contributed by atoms with Crippen LogP contribution in [0.15, 0.2) is 162 Å². The average Bonchev–Trinajstić information content (AvgIpc) is 3.70. The van der Waals surface area contributed by atoms with Crippen LogP contribution in [0, 0.1) is 6.92 Å². The molecule has 0 aliphatic carbocycles. The topological polar surface area (TPSA) is 18.1 Å². The molecule has 2 aromatic heterocycles. The van der Waals surface area contributed by atoms with Gasteiger partial charge in [-0.05, 0) is 97.9 Å². The number of aryl methyl sites for hydroxylation is 1. The fourth-order valence-electron chi connectivity index (χ4n) is 8.34. The molecule has 11 aromatic rings. The van der Waals surface area contributed by atoms with Crippen LogP contribution >= 0.6 is 0 Å². The number of rotatable bonds is 3. The monoisotopic (exact) mass is 623 g/mol. The van der Waals surface area contributed by atoms with E-state index < -0.39 is 0 Å². The van der Waals surface area contributed by atoms with Gasteiger partial charge in [-0.3, -0.25) is 0 Å². The minimum absolute atomic E-state index is 0.922. The van der Waals surface area contributed by atoms with E-state index in [-0.39, 0.29) is 0 Å². The van der Waals surface area contributed by atoms with E-state index in [1.807, 2.05) is 6.07 Å². The van der Waals surface area contributed by atoms with Gasteiger partial charge in [0.05, 0.1) is 16.4 Å². The highest BCUT2D eigenvalue weighted by Gasteiger charge is 2.19. The second kappa shape index (κ2) is 9.82. The lowest BCUT2D eigenvalue weighted by Crippen LogP contribution is -1.94. The Labute approximate surface area is 282 Å². The maximum absolute atomic E-state index is 6.51. The molecular weight excluding hydrogens is 595 g/mol. The van der Waals surface area contributed by atoms with Gasteiger partial charge in [-0.2, -0.15) is 0 Å². The molecule has 2 heterocycles. The predicted octanol–water partition coefficient (Wildman–Crippen LogP) is 13.2. The SMILES string of the molecule is Cc1ccc(-c2ccc3ccc4c(-c5ccc(-n6c7ccccc7c7c8oc9ccccc9c8ccc76)cc5)ccc5ccc2c3c54)cc1. The number of hydrogen-bond donors (Lipinski definition) is 0. The second-order valence-corrected chi connectivity index (χ2v) is 13.3. The summed E-state index contributed by atoms with van der Waals surface area (Å²) in [4.78, 5) is 0. The van der Waals surface area contributed by atoms with Crippen LogP contribution in [0.4, 0.5) is 0 Å². The summed E-state index contributed by atoms with van der Waals surface area (Å²) < 4.78 is 8.89. The third-order valence-electron chi connectivity index (χ3n) is 10.6. The van der Waals surface area contributed by atoms with Crippen molar-refractivity contribution in [2.24, 2.45) is 0 Å². The van der Waals surface area contributed by atoms with Crippen molar-refractivity contribution in [3.05, 3.63) is 163 Å². The smallest absolute Gasteiger partial charge is 0.145 e. The molecule has 0 amide bonds. The van der Waals surface area contributed by atoms with E-state index in [1.54, 1.807) is 0 Å². The van der Waals surface area contributed by atoms with Crippen molar-refractivity contribution in [3.63, 3.8) is 0 Å². The van der Waals surface area contributed by atoms with Crippen LogP contribution in [0.2, 0.25) is 0 Å². The van der Waals surface area contributed by atoms with Gasteiger partial charge in [-0.1, -0.05) is 127 Å². The zero-order chi connectivity index (χ0) is 32.2. The van der Waals surface area contributed by atoms with Crippen molar-refractivity contribution >= 4 is 76.1 Å². The van der Waals surface area contributed by atoms with Crippen LogP contribution < -0.4 is 0 Å². The van der Waals surface area contributed by atoms with E-state index in [1.165, 1.54) is 71.0 Å². The van der Waals surface area contributed by atoms with Crippen molar-refractivity contribution in [1.29, 1.82) is 0 Å². The van der Waals surface area contributed by atoms with E-state index in [0.717, 1.165) is 38.5 Å². The Morgan fingerprint density at radius 1 is 0.408 bits per heavy atom. The Balaban J connectivity index is 1.09. The fourth-order valence-corrected chi connectivity index (χ4v) is 8.34. The fraction of sp³-hybridized carbons (Fsp3) is 0.0213. The molecule has 0 spiro atoms. The highest BCUT2D eigenvalue weighted by Crippen LogP contribution is 2.44. The number of aromatic nitrogens is 1. The molecule has 0 radical (unpaired) electrons. The lowest BCUT2D eigenvalue weighted by molar-refractivity contribution is 0.673. The number of nitrogens with zero attached hydrogens (tertiary/aromatic N) is 1. The first-order valence-electron chi connectivity index (χ1n) is 16.9. The third-order valence-corrected chi connectivity index (χ3v) is 10.6. The second-order valence-electron chi connectivity index (χ2n) is 13.3. The van der Waals surface area contributed by atoms with Crippen LogP contribution in [0.25, 0.3) is 104 Å². The normalized spacial score (nSPS) is 12.2. The van der Waals surface area contributed by atoms with Crippen LogP contribution in [0.5, 0.6) is 0 Å². The van der Waals surface area contributed by atoms with Gasteiger partial charge >= 0.3 is 0 Å². The van der Waals surface area contributed by atoms with Crippen LogP contribution in [-0.2, 0) is 0 Å². The zero-order valence-electron chi connectivity index (χ0n) is 26.9. The van der Waals surface area contributed by atoms with Crippen LogP contribution in [0.3, 0.4) is 0 Å². The molecule has 0 N–H and O–H groups in total. The van der Waals surface area contributed by atoms with Gasteiger partial charge in [0.1, 0.15) is 11.2 Å². The molecule has 0 atom stereocenters. The van der Waals surface area contributed by atoms with Crippen LogP contribution in [-0.4, -0.2) is 4.57 Å². The Bertz CT molecular complexity index is 3080. The van der Waals surface area contributed by atoms with Gasteiger partial charge in [-0.25, -0.2) is 0 Å². The highest BCUT2D eigenvalue weighted by atomic mass is 16.3. The Morgan fingerprint density at radius 3 is 1.67 bits per heavy atom. The van der Waals surface area contributed by atoms with Crippen LogP contribution in [0.1, 0.15) is 5.56 Å². The van der Waals surface area contributed by atoms with Gasteiger partial charge in [0.15, 0.2) is 0 Å².